The predicted molar refractivity (Wildman–Crippen MR) is 70.2 cm³/mol. The Kier molecular flexibility index (Phi) is 4.26. The van der Waals surface area contributed by atoms with Crippen molar-refractivity contribution in [3.63, 3.8) is 0 Å². The molecule has 0 aromatic carbocycles. The van der Waals surface area contributed by atoms with E-state index in [1.54, 1.807) is 30.3 Å². The number of rotatable bonds is 4. The van der Waals surface area contributed by atoms with Gasteiger partial charge in [0.1, 0.15) is 5.76 Å². The zero-order chi connectivity index (χ0) is 13.9. The quantitative estimate of drug-likeness (QED) is 0.844. The molecular weight excluding hydrogens is 268 g/mol. The topological polar surface area (TPSA) is 79.6 Å². The summed E-state index contributed by atoms with van der Waals surface area (Å²) >= 11 is 0. The van der Waals surface area contributed by atoms with Gasteiger partial charge in [-0.3, -0.25) is 4.79 Å². The molecule has 6 nitrogen and oxygen atoms in total. The maximum Gasteiger partial charge on any atom is 0.224 e. The van der Waals surface area contributed by atoms with Gasteiger partial charge in [0.15, 0.2) is 9.84 Å². The van der Waals surface area contributed by atoms with Crippen molar-refractivity contribution in [2.24, 2.45) is 0 Å². The highest BCUT2D eigenvalue weighted by atomic mass is 32.2. The van der Waals surface area contributed by atoms with Gasteiger partial charge in [0.25, 0.3) is 0 Å². The number of sulfone groups is 1. The Morgan fingerprint density at radius 3 is 3.00 bits per heavy atom. The molecule has 0 saturated carbocycles. The van der Waals surface area contributed by atoms with Gasteiger partial charge >= 0.3 is 0 Å². The molecule has 19 heavy (non-hydrogen) atoms. The Labute approximate surface area is 112 Å². The average molecular weight is 286 g/mol. The van der Waals surface area contributed by atoms with E-state index < -0.39 is 9.84 Å². The van der Waals surface area contributed by atoms with Gasteiger partial charge in [0.05, 0.1) is 24.3 Å². The number of furan rings is 1. The van der Waals surface area contributed by atoms with Crippen molar-refractivity contribution in [2.75, 3.05) is 25.1 Å². The lowest BCUT2D eigenvalue weighted by molar-refractivity contribution is -0.131. The first-order chi connectivity index (χ1) is 8.96. The van der Waals surface area contributed by atoms with Crippen molar-refractivity contribution in [1.82, 2.24) is 10.2 Å². The lowest BCUT2D eigenvalue weighted by atomic mass is 10.2. The number of hydrogen-bond acceptors (Lipinski definition) is 5. The molecule has 1 saturated heterocycles. The van der Waals surface area contributed by atoms with Crippen molar-refractivity contribution in [1.29, 1.82) is 0 Å². The average Bonchev–Trinajstić information content (AvgIpc) is 2.80. The molecule has 7 heteroatoms. The summed E-state index contributed by atoms with van der Waals surface area (Å²) < 4.78 is 28.1. The van der Waals surface area contributed by atoms with E-state index in [0.29, 0.717) is 18.8 Å². The van der Waals surface area contributed by atoms with Crippen molar-refractivity contribution >= 4 is 15.7 Å². The molecule has 1 atom stereocenters. The zero-order valence-corrected chi connectivity index (χ0v) is 11.6. The van der Waals surface area contributed by atoms with Gasteiger partial charge in [0, 0.05) is 26.1 Å². The van der Waals surface area contributed by atoms with Crippen LogP contribution in [0.1, 0.15) is 12.2 Å². The molecule has 1 aromatic rings. The Balaban J connectivity index is 1.86. The van der Waals surface area contributed by atoms with Crippen molar-refractivity contribution in [3.05, 3.63) is 24.2 Å². The van der Waals surface area contributed by atoms with Crippen molar-refractivity contribution < 1.29 is 17.6 Å². The summed E-state index contributed by atoms with van der Waals surface area (Å²) in [7, 11) is -1.32. The first kappa shape index (κ1) is 14.1. The summed E-state index contributed by atoms with van der Waals surface area (Å²) in [5.41, 5.74) is 0. The van der Waals surface area contributed by atoms with Crippen LogP contribution in [0.4, 0.5) is 0 Å². The number of nitrogens with one attached hydrogen (secondary N) is 1. The minimum atomic E-state index is -3.00. The summed E-state index contributed by atoms with van der Waals surface area (Å²) in [5.74, 6) is 0.804. The fourth-order valence-electron chi connectivity index (χ4n) is 2.09. The standard InChI is InChI=1S/C12H18N2O4S/c1-14(8-11-3-2-5-18-11)12(15)7-10-9-19(16,17)6-4-13-10/h2-3,5,10,13H,4,6-9H2,1H3. The molecule has 2 rings (SSSR count). The highest BCUT2D eigenvalue weighted by Crippen LogP contribution is 2.09. The molecule has 0 spiro atoms. The minimum Gasteiger partial charge on any atom is -0.467 e. The van der Waals surface area contributed by atoms with Crippen LogP contribution in [0.3, 0.4) is 0 Å². The van der Waals surface area contributed by atoms with Crippen LogP contribution in [-0.4, -0.2) is 50.4 Å². The van der Waals surface area contributed by atoms with E-state index in [-0.39, 0.29) is 29.9 Å². The lowest BCUT2D eigenvalue weighted by Gasteiger charge is -2.25. The SMILES string of the molecule is CN(Cc1ccco1)C(=O)CC1CS(=O)(=O)CCN1. The smallest absolute Gasteiger partial charge is 0.224 e. The van der Waals surface area contributed by atoms with Crippen LogP contribution >= 0.6 is 0 Å². The molecule has 0 bridgehead atoms. The molecule has 2 heterocycles. The van der Waals surface area contributed by atoms with Crippen LogP contribution in [0.5, 0.6) is 0 Å². The zero-order valence-electron chi connectivity index (χ0n) is 10.8. The first-order valence-electron chi connectivity index (χ1n) is 6.16. The van der Waals surface area contributed by atoms with Gasteiger partial charge in [0.2, 0.25) is 5.91 Å². The highest BCUT2D eigenvalue weighted by molar-refractivity contribution is 7.91. The largest absolute Gasteiger partial charge is 0.467 e. The number of amides is 1. The van der Waals surface area contributed by atoms with Gasteiger partial charge in [-0.1, -0.05) is 0 Å². The summed E-state index contributed by atoms with van der Waals surface area (Å²) in [6.07, 6.45) is 1.75. The second-order valence-corrected chi connectivity index (χ2v) is 7.03. The van der Waals surface area contributed by atoms with E-state index in [4.69, 9.17) is 4.42 Å². The third-order valence-electron chi connectivity index (χ3n) is 3.12. The van der Waals surface area contributed by atoms with E-state index in [9.17, 15) is 13.2 Å². The van der Waals surface area contributed by atoms with Crippen LogP contribution in [0, 0.1) is 0 Å². The van der Waals surface area contributed by atoms with Gasteiger partial charge in [-0.2, -0.15) is 0 Å². The Morgan fingerprint density at radius 2 is 2.37 bits per heavy atom. The molecule has 1 amide bonds. The number of hydrogen-bond donors (Lipinski definition) is 1. The number of nitrogens with zero attached hydrogens (tertiary/aromatic N) is 1. The third-order valence-corrected chi connectivity index (χ3v) is 4.86. The van der Waals surface area contributed by atoms with Gasteiger partial charge < -0.3 is 14.6 Å². The van der Waals surface area contributed by atoms with E-state index in [0.717, 1.165) is 0 Å². The maximum absolute atomic E-state index is 12.0. The summed E-state index contributed by atoms with van der Waals surface area (Å²) in [6, 6.07) is 3.28. The third kappa shape index (κ3) is 4.07. The fourth-order valence-corrected chi connectivity index (χ4v) is 3.53. The molecule has 1 N–H and O–H groups in total. The van der Waals surface area contributed by atoms with Crippen LogP contribution in [0.15, 0.2) is 22.8 Å². The van der Waals surface area contributed by atoms with Crippen LogP contribution < -0.4 is 5.32 Å². The normalized spacial score (nSPS) is 22.1. The van der Waals surface area contributed by atoms with E-state index in [2.05, 4.69) is 5.32 Å². The Hall–Kier alpha value is -1.34. The number of carbonyl (C=O) groups excluding carboxylic acids is 1. The van der Waals surface area contributed by atoms with Crippen LogP contribution in [0.2, 0.25) is 0 Å². The Bertz CT molecular complexity index is 524. The second kappa shape index (κ2) is 5.75. The highest BCUT2D eigenvalue weighted by Gasteiger charge is 2.27. The molecule has 0 aliphatic carbocycles. The predicted octanol–water partition coefficient (Wildman–Crippen LogP) is 0.0147. The molecular formula is C12H18N2O4S. The van der Waals surface area contributed by atoms with Crippen LogP contribution in [-0.2, 0) is 21.2 Å². The molecule has 1 aliphatic heterocycles. The molecule has 1 aliphatic rings. The van der Waals surface area contributed by atoms with E-state index in [1.807, 2.05) is 0 Å². The summed E-state index contributed by atoms with van der Waals surface area (Å²) in [4.78, 5) is 13.5. The second-order valence-electron chi connectivity index (χ2n) is 4.80. The first-order valence-corrected chi connectivity index (χ1v) is 7.98. The molecule has 0 radical (unpaired) electrons. The maximum atomic E-state index is 12.0. The number of carbonyl (C=O) groups is 1. The lowest BCUT2D eigenvalue weighted by Crippen LogP contribution is -2.47. The van der Waals surface area contributed by atoms with Crippen molar-refractivity contribution in [3.8, 4) is 0 Å². The molecule has 1 aromatic heterocycles. The monoisotopic (exact) mass is 286 g/mol. The molecule has 106 valence electrons. The van der Waals surface area contributed by atoms with E-state index >= 15 is 0 Å². The van der Waals surface area contributed by atoms with Gasteiger partial charge in [-0.15, -0.1) is 0 Å². The molecule has 1 fully saturated rings. The summed E-state index contributed by atoms with van der Waals surface area (Å²) in [5, 5.41) is 3.07. The van der Waals surface area contributed by atoms with Crippen molar-refractivity contribution in [2.45, 2.75) is 19.0 Å². The summed E-state index contributed by atoms with van der Waals surface area (Å²) in [6.45, 7) is 0.813. The minimum absolute atomic E-state index is 0.0351. The van der Waals surface area contributed by atoms with Crippen LogP contribution in [0.25, 0.3) is 0 Å². The fraction of sp³-hybridized carbons (Fsp3) is 0.583. The van der Waals surface area contributed by atoms with Gasteiger partial charge in [-0.25, -0.2) is 8.42 Å². The Morgan fingerprint density at radius 1 is 1.58 bits per heavy atom. The van der Waals surface area contributed by atoms with E-state index in [1.165, 1.54) is 0 Å². The molecule has 1 unspecified atom stereocenters. The van der Waals surface area contributed by atoms with Gasteiger partial charge in [-0.05, 0) is 12.1 Å².